The van der Waals surface area contributed by atoms with Gasteiger partial charge in [0.15, 0.2) is 12.2 Å². The summed E-state index contributed by atoms with van der Waals surface area (Å²) < 4.78 is 5.30. The number of hydrogen-bond acceptors (Lipinski definition) is 4. The van der Waals surface area contributed by atoms with Crippen LogP contribution >= 0.6 is 0 Å². The summed E-state index contributed by atoms with van der Waals surface area (Å²) in [5.74, 6) is 0.813. The summed E-state index contributed by atoms with van der Waals surface area (Å²) in [6, 6.07) is 8.96. The lowest BCUT2D eigenvalue weighted by Crippen LogP contribution is -2.22. The van der Waals surface area contributed by atoms with Gasteiger partial charge >= 0.3 is 0 Å². The van der Waals surface area contributed by atoms with Gasteiger partial charge in [-0.1, -0.05) is 0 Å². The zero-order valence-electron chi connectivity index (χ0n) is 11.9. The van der Waals surface area contributed by atoms with Crippen LogP contribution in [0.2, 0.25) is 0 Å². The van der Waals surface area contributed by atoms with E-state index in [1.165, 1.54) is 44.4 Å². The molecule has 1 fully saturated rings. The molecule has 2 aromatic rings. The molecule has 1 unspecified atom stereocenters. The van der Waals surface area contributed by atoms with Gasteiger partial charge < -0.3 is 14.6 Å². The molecular weight excluding hydrogens is 250 g/mol. The van der Waals surface area contributed by atoms with E-state index < -0.39 is 0 Å². The van der Waals surface area contributed by atoms with Crippen molar-refractivity contribution in [3.63, 3.8) is 0 Å². The van der Waals surface area contributed by atoms with E-state index in [4.69, 9.17) is 4.42 Å². The van der Waals surface area contributed by atoms with Crippen LogP contribution in [0.3, 0.4) is 0 Å². The standard InChI is InChI=1S/C16H21N3O/c1-19-9-2-3-14(8-10-19)18-15-6-4-13(5-7-15)16-11-17-12-20-16/h4-7,11-12,14,18H,2-3,8-10H2,1H3. The maximum atomic E-state index is 5.30. The van der Waals surface area contributed by atoms with Crippen LogP contribution in [0.5, 0.6) is 0 Å². The molecule has 1 saturated heterocycles. The number of oxazole rings is 1. The zero-order chi connectivity index (χ0) is 13.8. The average molecular weight is 271 g/mol. The third kappa shape index (κ3) is 3.20. The topological polar surface area (TPSA) is 41.3 Å². The Bertz CT molecular complexity index is 521. The van der Waals surface area contributed by atoms with Gasteiger partial charge in [-0.15, -0.1) is 0 Å². The maximum Gasteiger partial charge on any atom is 0.181 e. The number of likely N-dealkylation sites (tertiary alicyclic amines) is 1. The van der Waals surface area contributed by atoms with E-state index in [-0.39, 0.29) is 0 Å². The van der Waals surface area contributed by atoms with E-state index in [0.717, 1.165) is 11.3 Å². The highest BCUT2D eigenvalue weighted by atomic mass is 16.3. The van der Waals surface area contributed by atoms with Gasteiger partial charge in [0, 0.05) is 17.3 Å². The number of benzene rings is 1. The summed E-state index contributed by atoms with van der Waals surface area (Å²) >= 11 is 0. The first kappa shape index (κ1) is 13.2. The van der Waals surface area contributed by atoms with Crippen LogP contribution in [0, 0.1) is 0 Å². The van der Waals surface area contributed by atoms with Crippen molar-refractivity contribution in [3.05, 3.63) is 36.9 Å². The molecule has 106 valence electrons. The fourth-order valence-electron chi connectivity index (χ4n) is 2.71. The van der Waals surface area contributed by atoms with Gasteiger partial charge in [0.25, 0.3) is 0 Å². The predicted molar refractivity (Wildman–Crippen MR) is 80.7 cm³/mol. The largest absolute Gasteiger partial charge is 0.444 e. The molecule has 1 aliphatic heterocycles. The molecule has 1 aromatic carbocycles. The van der Waals surface area contributed by atoms with Crippen molar-refractivity contribution in [2.24, 2.45) is 0 Å². The Balaban J connectivity index is 1.63. The van der Waals surface area contributed by atoms with Crippen molar-refractivity contribution in [2.75, 3.05) is 25.5 Å². The number of anilines is 1. The van der Waals surface area contributed by atoms with Crippen LogP contribution in [-0.2, 0) is 0 Å². The first-order valence-electron chi connectivity index (χ1n) is 7.25. The smallest absolute Gasteiger partial charge is 0.181 e. The molecule has 0 amide bonds. The van der Waals surface area contributed by atoms with E-state index in [1.807, 2.05) is 0 Å². The normalized spacial score (nSPS) is 20.6. The fraction of sp³-hybridized carbons (Fsp3) is 0.438. The Kier molecular flexibility index (Phi) is 4.02. The summed E-state index contributed by atoms with van der Waals surface area (Å²) in [7, 11) is 2.20. The molecule has 1 N–H and O–H groups in total. The third-order valence-electron chi connectivity index (χ3n) is 3.92. The van der Waals surface area contributed by atoms with Crippen LogP contribution in [-0.4, -0.2) is 36.1 Å². The molecule has 0 saturated carbocycles. The van der Waals surface area contributed by atoms with E-state index in [9.17, 15) is 0 Å². The minimum Gasteiger partial charge on any atom is -0.444 e. The molecule has 2 heterocycles. The summed E-state index contributed by atoms with van der Waals surface area (Å²) in [5.41, 5.74) is 2.25. The molecule has 4 heteroatoms. The quantitative estimate of drug-likeness (QED) is 0.930. The SMILES string of the molecule is CN1CCCC(Nc2ccc(-c3cnco3)cc2)CC1. The molecule has 0 aliphatic carbocycles. The number of hydrogen-bond donors (Lipinski definition) is 1. The van der Waals surface area contributed by atoms with Gasteiger partial charge in [0.05, 0.1) is 6.20 Å². The lowest BCUT2D eigenvalue weighted by Gasteiger charge is -2.18. The van der Waals surface area contributed by atoms with Crippen molar-refractivity contribution in [2.45, 2.75) is 25.3 Å². The summed E-state index contributed by atoms with van der Waals surface area (Å²) in [5, 5.41) is 3.64. The van der Waals surface area contributed by atoms with Crippen LogP contribution in [0.1, 0.15) is 19.3 Å². The van der Waals surface area contributed by atoms with E-state index in [0.29, 0.717) is 6.04 Å². The number of rotatable bonds is 3. The highest BCUT2D eigenvalue weighted by molar-refractivity contribution is 5.60. The van der Waals surface area contributed by atoms with Crippen molar-refractivity contribution in [1.29, 1.82) is 0 Å². The van der Waals surface area contributed by atoms with Gasteiger partial charge in [-0.05, 0) is 63.7 Å². The molecule has 20 heavy (non-hydrogen) atoms. The molecule has 0 spiro atoms. The Morgan fingerprint density at radius 1 is 1.20 bits per heavy atom. The van der Waals surface area contributed by atoms with Crippen molar-refractivity contribution < 1.29 is 4.42 Å². The summed E-state index contributed by atoms with van der Waals surface area (Å²) in [4.78, 5) is 6.36. The van der Waals surface area contributed by atoms with Gasteiger partial charge in [-0.3, -0.25) is 0 Å². The molecule has 0 radical (unpaired) electrons. The highest BCUT2D eigenvalue weighted by Crippen LogP contribution is 2.22. The second kappa shape index (κ2) is 6.09. The first-order valence-corrected chi connectivity index (χ1v) is 7.25. The predicted octanol–water partition coefficient (Wildman–Crippen LogP) is 3.24. The second-order valence-electron chi connectivity index (χ2n) is 5.52. The minimum atomic E-state index is 0.580. The maximum absolute atomic E-state index is 5.30. The highest BCUT2D eigenvalue weighted by Gasteiger charge is 2.14. The molecule has 0 bridgehead atoms. The van der Waals surface area contributed by atoms with Crippen molar-refractivity contribution >= 4 is 5.69 Å². The Labute approximate surface area is 119 Å². The van der Waals surface area contributed by atoms with E-state index >= 15 is 0 Å². The summed E-state index contributed by atoms with van der Waals surface area (Å²) in [6.07, 6.45) is 6.92. The molecule has 1 aromatic heterocycles. The van der Waals surface area contributed by atoms with Gasteiger partial charge in [0.2, 0.25) is 0 Å². The number of aromatic nitrogens is 1. The van der Waals surface area contributed by atoms with E-state index in [2.05, 4.69) is 46.5 Å². The average Bonchev–Trinajstić information content (AvgIpc) is 2.92. The van der Waals surface area contributed by atoms with Crippen molar-refractivity contribution in [3.8, 4) is 11.3 Å². The Hall–Kier alpha value is -1.81. The van der Waals surface area contributed by atoms with Crippen LogP contribution in [0.4, 0.5) is 5.69 Å². The summed E-state index contributed by atoms with van der Waals surface area (Å²) in [6.45, 7) is 2.39. The Morgan fingerprint density at radius 2 is 2.05 bits per heavy atom. The zero-order valence-corrected chi connectivity index (χ0v) is 11.9. The monoisotopic (exact) mass is 271 g/mol. The second-order valence-corrected chi connectivity index (χ2v) is 5.52. The van der Waals surface area contributed by atoms with Crippen LogP contribution < -0.4 is 5.32 Å². The Morgan fingerprint density at radius 3 is 2.80 bits per heavy atom. The van der Waals surface area contributed by atoms with Gasteiger partial charge in [-0.25, -0.2) is 4.98 Å². The van der Waals surface area contributed by atoms with Crippen molar-refractivity contribution in [1.82, 2.24) is 9.88 Å². The minimum absolute atomic E-state index is 0.580. The lowest BCUT2D eigenvalue weighted by molar-refractivity contribution is 0.348. The third-order valence-corrected chi connectivity index (χ3v) is 3.92. The number of nitrogens with zero attached hydrogens (tertiary/aromatic N) is 2. The number of nitrogens with one attached hydrogen (secondary N) is 1. The molecular formula is C16H21N3O. The molecule has 1 atom stereocenters. The first-order chi connectivity index (χ1) is 9.81. The molecule has 1 aliphatic rings. The van der Waals surface area contributed by atoms with Gasteiger partial charge in [0.1, 0.15) is 0 Å². The lowest BCUT2D eigenvalue weighted by atomic mass is 10.1. The molecule has 4 nitrogen and oxygen atoms in total. The van der Waals surface area contributed by atoms with Gasteiger partial charge in [-0.2, -0.15) is 0 Å². The van der Waals surface area contributed by atoms with E-state index in [1.54, 1.807) is 6.20 Å². The molecule has 3 rings (SSSR count). The van der Waals surface area contributed by atoms with Crippen LogP contribution in [0.15, 0.2) is 41.3 Å². The fourth-order valence-corrected chi connectivity index (χ4v) is 2.71. The van der Waals surface area contributed by atoms with Crippen LogP contribution in [0.25, 0.3) is 11.3 Å².